The molecule has 0 N–H and O–H groups in total. The van der Waals surface area contributed by atoms with Crippen molar-refractivity contribution in [3.8, 4) is 55.9 Å². The van der Waals surface area contributed by atoms with Crippen LogP contribution in [-0.4, -0.2) is 33.9 Å². The van der Waals surface area contributed by atoms with E-state index in [-0.39, 0.29) is 39.2 Å². The minimum absolute atomic E-state index is 0.0535. The lowest BCUT2D eigenvalue weighted by molar-refractivity contribution is 0.548. The highest BCUT2D eigenvalue weighted by Gasteiger charge is 2.44. The molecule has 0 atom stereocenters. The van der Waals surface area contributed by atoms with Crippen molar-refractivity contribution in [2.75, 3.05) is 22.9 Å². The number of nitrogens with zero attached hydrogens (tertiary/aromatic N) is 5. The molecule has 0 bridgehead atoms. The van der Waals surface area contributed by atoms with E-state index in [1.807, 2.05) is 0 Å². The van der Waals surface area contributed by atoms with E-state index in [2.05, 4.69) is 435 Å². The predicted molar refractivity (Wildman–Crippen MR) is 508 cm³/mol. The van der Waals surface area contributed by atoms with Crippen molar-refractivity contribution >= 4 is 89.5 Å². The summed E-state index contributed by atoms with van der Waals surface area (Å²) < 4.78 is 5.17. The topological polar surface area (TPSA) is 29.2 Å². The van der Waals surface area contributed by atoms with Gasteiger partial charge in [0.05, 0.1) is 22.1 Å². The SMILES string of the molecule is CC(C)(C)c1ccc2c(c1)c1cc(C(C)(C)C)ccc1n2-c1ccc2c(c1)N(CCc1c(-c3ccccc3)cccc1-c1ccccc1)c1cc(Cc3cnc(C(C)(C)C)cc3C(C)(C)C)cc3c1B2c1ccc(-n2c4ccc(C(C)(C)C)cc4c4cc(C(C)(C)C)ccc42)cc1N3CCc1c(-c2ccccc2)cccc1-c1ccccc1. The second-order valence-electron chi connectivity index (χ2n) is 39.9. The number of hydrogen-bond donors (Lipinski definition) is 0. The fourth-order valence-electron chi connectivity index (χ4n) is 19.2. The zero-order valence-electron chi connectivity index (χ0n) is 72.6. The van der Waals surface area contributed by atoms with Gasteiger partial charge in [-0.1, -0.05) is 319 Å². The van der Waals surface area contributed by atoms with Gasteiger partial charge in [-0.15, -0.1) is 0 Å². The Balaban J connectivity index is 0.941. The molecule has 5 nitrogen and oxygen atoms in total. The number of benzene rings is 13. The van der Waals surface area contributed by atoms with Gasteiger partial charge >= 0.3 is 0 Å². The van der Waals surface area contributed by atoms with Crippen LogP contribution in [0.5, 0.6) is 0 Å². The smallest absolute Gasteiger partial charge is 0.252 e. The molecule has 0 unspecified atom stereocenters. The zero-order valence-corrected chi connectivity index (χ0v) is 72.6. The molecule has 13 aromatic carbocycles. The van der Waals surface area contributed by atoms with Crippen LogP contribution in [0.1, 0.15) is 180 Å². The van der Waals surface area contributed by atoms with Gasteiger partial charge in [-0.3, -0.25) is 4.98 Å². The van der Waals surface area contributed by atoms with Gasteiger partial charge < -0.3 is 18.9 Å². The quantitative estimate of drug-likeness (QED) is 0.102. The summed E-state index contributed by atoms with van der Waals surface area (Å²) in [4.78, 5) is 11.0. The maximum absolute atomic E-state index is 5.42. The highest BCUT2D eigenvalue weighted by atomic mass is 15.2. The van der Waals surface area contributed by atoms with E-state index in [4.69, 9.17) is 4.98 Å². The summed E-state index contributed by atoms with van der Waals surface area (Å²) in [6.07, 6.45) is 4.42. The van der Waals surface area contributed by atoms with E-state index in [1.165, 1.54) is 177 Å². The van der Waals surface area contributed by atoms with E-state index in [1.54, 1.807) is 0 Å². The highest BCUT2D eigenvalue weighted by Crippen LogP contribution is 2.47. The third kappa shape index (κ3) is 14.1. The van der Waals surface area contributed by atoms with Gasteiger partial charge in [-0.25, -0.2) is 0 Å². The monoisotopic (exact) mass is 1540 g/mol. The van der Waals surface area contributed by atoms with Crippen LogP contribution in [0.25, 0.3) is 99.5 Å². The standard InChI is InChI=1S/C112H112BN5/c1-107(2,3)78-45-53-97-90(64-78)91-65-79(108(4,5)6)46-54-98(91)117(97)82-49-51-95-101(68-82)115(59-57-88-84(73-33-23-19-24-34-73)41-31-42-85(88)74-35-25-20-26-36-74)103-62-72(61-77-71-114-105(112(16,17)18)70-94(77)111(13,14)15)63-104-106(103)113(95)96-52-50-83(118-99-55-47-80(109(7,8)9)66-92(99)93-67-81(110(10,11)12)48-56-100(93)118)69-102(96)116(104)60-58-89-86(75-37-27-21-28-38-75)43-32-44-87(89)76-39-29-22-30-40-76/h19-56,62-71H,57-61H2,1-18H3. The minimum Gasteiger partial charge on any atom is -0.342 e. The molecule has 0 fully saturated rings. The van der Waals surface area contributed by atoms with Crippen molar-refractivity contribution in [1.29, 1.82) is 0 Å². The lowest BCUT2D eigenvalue weighted by Gasteiger charge is -2.45. The predicted octanol–water partition coefficient (Wildman–Crippen LogP) is 27.2. The first-order valence-corrected chi connectivity index (χ1v) is 43.0. The van der Waals surface area contributed by atoms with Crippen molar-refractivity contribution in [2.24, 2.45) is 0 Å². The summed E-state index contributed by atoms with van der Waals surface area (Å²) in [6, 6.07) is 110. The molecule has 6 heteroatoms. The molecule has 16 aromatic rings. The largest absolute Gasteiger partial charge is 0.342 e. The van der Waals surface area contributed by atoms with Gasteiger partial charge in [0, 0.05) is 86.1 Å². The molecule has 3 aromatic heterocycles. The van der Waals surface area contributed by atoms with E-state index in [0.29, 0.717) is 19.5 Å². The maximum Gasteiger partial charge on any atom is 0.252 e. The molecule has 588 valence electrons. The summed E-state index contributed by atoms with van der Waals surface area (Å²) >= 11 is 0. The van der Waals surface area contributed by atoms with Crippen molar-refractivity contribution in [3.63, 3.8) is 0 Å². The molecule has 2 aliphatic heterocycles. The average molecular weight is 1540 g/mol. The van der Waals surface area contributed by atoms with Crippen molar-refractivity contribution in [2.45, 2.75) is 176 Å². The molecule has 0 aliphatic carbocycles. The Bertz CT molecular complexity index is 5960. The first-order valence-electron chi connectivity index (χ1n) is 43.0. The van der Waals surface area contributed by atoms with Crippen molar-refractivity contribution in [1.82, 2.24) is 14.1 Å². The number of fused-ring (bicyclic) bond motifs is 10. The van der Waals surface area contributed by atoms with Gasteiger partial charge in [-0.2, -0.15) is 0 Å². The lowest BCUT2D eigenvalue weighted by atomic mass is 9.33. The number of aromatic nitrogens is 3. The van der Waals surface area contributed by atoms with Crippen LogP contribution in [-0.2, 0) is 51.8 Å². The molecule has 0 saturated carbocycles. The molecule has 5 heterocycles. The van der Waals surface area contributed by atoms with Crippen molar-refractivity contribution in [3.05, 3.63) is 347 Å². The van der Waals surface area contributed by atoms with E-state index in [9.17, 15) is 0 Å². The van der Waals surface area contributed by atoms with Gasteiger partial charge in [0.2, 0.25) is 0 Å². The summed E-state index contributed by atoms with van der Waals surface area (Å²) in [5, 5.41) is 5.11. The Hall–Kier alpha value is -11.7. The number of hydrogen-bond acceptors (Lipinski definition) is 3. The Morgan fingerprint density at radius 3 is 0.932 bits per heavy atom. The van der Waals surface area contributed by atoms with E-state index in [0.717, 1.165) is 29.9 Å². The minimum atomic E-state index is -0.176. The lowest BCUT2D eigenvalue weighted by Crippen LogP contribution is -2.62. The molecular weight excluding hydrogens is 1430 g/mol. The van der Waals surface area contributed by atoms with Gasteiger partial charge in [0.1, 0.15) is 0 Å². The summed E-state index contributed by atoms with van der Waals surface area (Å²) in [6.45, 7) is 43.4. The molecule has 0 spiro atoms. The van der Waals surface area contributed by atoms with Gasteiger partial charge in [0.25, 0.3) is 6.71 Å². The van der Waals surface area contributed by atoms with Crippen LogP contribution in [0.3, 0.4) is 0 Å². The Labute approximate surface area is 701 Å². The van der Waals surface area contributed by atoms with E-state index < -0.39 is 0 Å². The molecule has 118 heavy (non-hydrogen) atoms. The summed E-state index contributed by atoms with van der Waals surface area (Å²) in [5.41, 5.74) is 38.2. The molecule has 0 radical (unpaired) electrons. The molecule has 0 saturated heterocycles. The summed E-state index contributed by atoms with van der Waals surface area (Å²) in [5.74, 6) is 0. The second-order valence-corrected chi connectivity index (χ2v) is 39.9. The fourth-order valence-corrected chi connectivity index (χ4v) is 19.2. The van der Waals surface area contributed by atoms with Crippen LogP contribution in [0.15, 0.2) is 291 Å². The molecular formula is C112H112BN5. The van der Waals surface area contributed by atoms with Gasteiger partial charge in [0.15, 0.2) is 0 Å². The molecule has 0 amide bonds. The molecule has 18 rings (SSSR count). The number of anilines is 4. The van der Waals surface area contributed by atoms with Crippen molar-refractivity contribution < 1.29 is 0 Å². The first-order chi connectivity index (χ1) is 56.3. The van der Waals surface area contributed by atoms with Gasteiger partial charge in [-0.05, 0) is 248 Å². The maximum atomic E-state index is 5.42. The zero-order chi connectivity index (χ0) is 82.3. The van der Waals surface area contributed by atoms with Crippen LogP contribution in [0.2, 0.25) is 0 Å². The Kier molecular flexibility index (Phi) is 19.1. The first kappa shape index (κ1) is 77.5. The number of pyridine rings is 1. The third-order valence-electron chi connectivity index (χ3n) is 25.6. The molecule has 2 aliphatic rings. The van der Waals surface area contributed by atoms with Crippen LogP contribution < -0.4 is 26.2 Å². The Morgan fingerprint density at radius 2 is 0.627 bits per heavy atom. The second kappa shape index (κ2) is 29.1. The summed E-state index contributed by atoms with van der Waals surface area (Å²) in [7, 11) is 0. The third-order valence-corrected chi connectivity index (χ3v) is 25.6. The number of rotatable bonds is 14. The van der Waals surface area contributed by atoms with Crippen LogP contribution >= 0.6 is 0 Å². The highest BCUT2D eigenvalue weighted by molar-refractivity contribution is 7.00. The normalized spacial score (nSPS) is 13.3. The van der Waals surface area contributed by atoms with Crippen LogP contribution in [0, 0.1) is 0 Å². The Morgan fingerprint density at radius 1 is 0.297 bits per heavy atom. The average Bonchev–Trinajstić information content (AvgIpc) is 0.863. The van der Waals surface area contributed by atoms with E-state index >= 15 is 0 Å². The fraction of sp³-hybridized carbons (Fsp3) is 0.259. The van der Waals surface area contributed by atoms with Crippen LogP contribution in [0.4, 0.5) is 22.7 Å².